The summed E-state index contributed by atoms with van der Waals surface area (Å²) in [5, 5.41) is 0. The second-order valence-electron chi connectivity index (χ2n) is 7.90. The summed E-state index contributed by atoms with van der Waals surface area (Å²) < 4.78 is 36.7. The van der Waals surface area contributed by atoms with Gasteiger partial charge in [-0.05, 0) is 67.7 Å². The molecule has 31 heavy (non-hydrogen) atoms. The minimum Gasteiger partial charge on any atom is -0.492 e. The molecule has 0 saturated heterocycles. The Hall–Kier alpha value is -1.80. The lowest BCUT2D eigenvalue weighted by molar-refractivity contribution is 0.170. The maximum absolute atomic E-state index is 5.94. The van der Waals surface area contributed by atoms with Gasteiger partial charge in [0.1, 0.15) is 0 Å². The molecule has 0 N–H and O–H groups in total. The first-order valence-electron chi connectivity index (χ1n) is 10.1. The summed E-state index contributed by atoms with van der Waals surface area (Å²) in [6.07, 6.45) is 1.68. The second-order valence-corrected chi connectivity index (χ2v) is 9.48. The highest BCUT2D eigenvalue weighted by atomic mass is 79.9. The van der Waals surface area contributed by atoms with Gasteiger partial charge in [0, 0.05) is 11.1 Å². The molecule has 4 rings (SSSR count). The molecule has 2 aromatic rings. The average Bonchev–Trinajstić information content (AvgIpc) is 3.25. The van der Waals surface area contributed by atoms with Crippen LogP contribution in [0.4, 0.5) is 0 Å². The zero-order chi connectivity index (χ0) is 22.4. The molecule has 1 heterocycles. The second kappa shape index (κ2) is 8.62. The van der Waals surface area contributed by atoms with Gasteiger partial charge in [-0.1, -0.05) is 13.8 Å². The minimum atomic E-state index is 0.152. The molecule has 2 aliphatic rings. The molecular formula is C23H26Br2O6. The third-order valence-corrected chi connectivity index (χ3v) is 7.99. The fourth-order valence-corrected chi connectivity index (χ4v) is 5.88. The van der Waals surface area contributed by atoms with Gasteiger partial charge in [-0.3, -0.25) is 0 Å². The zero-order valence-electron chi connectivity index (χ0n) is 18.5. The molecule has 1 aliphatic heterocycles. The van der Waals surface area contributed by atoms with Gasteiger partial charge in [0.15, 0.2) is 23.0 Å². The summed E-state index contributed by atoms with van der Waals surface area (Å²) >= 11 is 7.60. The van der Waals surface area contributed by atoms with Crippen molar-refractivity contribution in [2.75, 3.05) is 35.2 Å². The van der Waals surface area contributed by atoms with E-state index in [2.05, 4.69) is 45.7 Å². The molecule has 0 fully saturated rings. The Labute approximate surface area is 199 Å². The van der Waals surface area contributed by atoms with E-state index in [9.17, 15) is 0 Å². The van der Waals surface area contributed by atoms with Crippen LogP contribution in [0.3, 0.4) is 0 Å². The summed E-state index contributed by atoms with van der Waals surface area (Å²) in [6.45, 7) is 4.70. The van der Waals surface area contributed by atoms with E-state index in [1.165, 1.54) is 0 Å². The topological polar surface area (TPSA) is 55.4 Å². The molecule has 6 nitrogen and oxygen atoms in total. The maximum atomic E-state index is 5.94. The number of rotatable bonds is 4. The average molecular weight is 558 g/mol. The van der Waals surface area contributed by atoms with Gasteiger partial charge in [-0.25, -0.2) is 0 Å². The number of ether oxygens (including phenoxy) is 6. The summed E-state index contributed by atoms with van der Waals surface area (Å²) in [6, 6.07) is 0. The maximum Gasteiger partial charge on any atom is 0.231 e. The number of hydrogen-bond acceptors (Lipinski definition) is 6. The molecule has 2 aromatic carbocycles. The van der Waals surface area contributed by atoms with Crippen molar-refractivity contribution in [3.8, 4) is 45.6 Å². The fourth-order valence-electron chi connectivity index (χ4n) is 4.52. The smallest absolute Gasteiger partial charge is 0.231 e. The van der Waals surface area contributed by atoms with Gasteiger partial charge in [0.25, 0.3) is 0 Å². The standard InChI is InChI=1S/C23H26Br2O6/c1-10-7-12-14(18(26-3)22(29-6)20(28-5)16(12)24)15-13(8-11(10)2)17(25)21-23(19(15)27-4)31-9-30-21/h10-11H,7-9H2,1-6H3/t10-,11+/m0/s1. The largest absolute Gasteiger partial charge is 0.492 e. The summed E-state index contributed by atoms with van der Waals surface area (Å²) in [7, 11) is 6.54. The Bertz CT molecular complexity index is 1040. The van der Waals surface area contributed by atoms with E-state index >= 15 is 0 Å². The van der Waals surface area contributed by atoms with E-state index in [1.807, 2.05) is 0 Å². The van der Waals surface area contributed by atoms with E-state index in [4.69, 9.17) is 28.4 Å². The van der Waals surface area contributed by atoms with Crippen LogP contribution in [-0.4, -0.2) is 35.2 Å². The molecule has 0 aromatic heterocycles. The fraction of sp³-hybridized carbons (Fsp3) is 0.478. The van der Waals surface area contributed by atoms with E-state index in [0.29, 0.717) is 46.3 Å². The highest BCUT2D eigenvalue weighted by Gasteiger charge is 2.38. The van der Waals surface area contributed by atoms with Crippen LogP contribution < -0.4 is 28.4 Å². The number of benzene rings is 2. The molecule has 8 heteroatoms. The molecule has 0 amide bonds. The quantitative estimate of drug-likeness (QED) is 0.458. The van der Waals surface area contributed by atoms with E-state index in [0.717, 1.165) is 44.0 Å². The monoisotopic (exact) mass is 556 g/mol. The van der Waals surface area contributed by atoms with Gasteiger partial charge >= 0.3 is 0 Å². The molecule has 168 valence electrons. The van der Waals surface area contributed by atoms with Crippen molar-refractivity contribution >= 4 is 31.9 Å². The van der Waals surface area contributed by atoms with Crippen molar-refractivity contribution < 1.29 is 28.4 Å². The number of fused-ring (bicyclic) bond motifs is 4. The molecule has 0 bridgehead atoms. The van der Waals surface area contributed by atoms with E-state index in [-0.39, 0.29) is 6.79 Å². The van der Waals surface area contributed by atoms with Crippen LogP contribution in [0, 0.1) is 11.8 Å². The highest BCUT2D eigenvalue weighted by Crippen LogP contribution is 2.60. The number of halogens is 2. The third-order valence-electron chi connectivity index (χ3n) is 6.31. The molecule has 1 aliphatic carbocycles. The van der Waals surface area contributed by atoms with Crippen LogP contribution in [0.1, 0.15) is 25.0 Å². The first-order chi connectivity index (χ1) is 14.9. The Morgan fingerprint density at radius 2 is 1.13 bits per heavy atom. The molecule has 0 unspecified atom stereocenters. The predicted octanol–water partition coefficient (Wildman–Crippen LogP) is 6.01. The van der Waals surface area contributed by atoms with Crippen LogP contribution in [0.25, 0.3) is 11.1 Å². The Morgan fingerprint density at radius 3 is 1.68 bits per heavy atom. The van der Waals surface area contributed by atoms with E-state index < -0.39 is 0 Å². The SMILES string of the molecule is COc1c(Br)c2c(c(OC)c1OC)-c1c(c(Br)c3c(c1OC)OCO3)C[C@@H](C)[C@@H](C)C2. The molecule has 0 saturated carbocycles. The van der Waals surface area contributed by atoms with Gasteiger partial charge in [0.2, 0.25) is 18.3 Å². The Balaban J connectivity index is 2.22. The molecular weight excluding hydrogens is 532 g/mol. The lowest BCUT2D eigenvalue weighted by Gasteiger charge is -2.31. The van der Waals surface area contributed by atoms with Crippen molar-refractivity contribution in [2.24, 2.45) is 11.8 Å². The Kier molecular flexibility index (Phi) is 6.23. The van der Waals surface area contributed by atoms with Gasteiger partial charge in [-0.2, -0.15) is 0 Å². The number of hydrogen-bond donors (Lipinski definition) is 0. The molecule has 0 radical (unpaired) electrons. The van der Waals surface area contributed by atoms with Crippen molar-refractivity contribution in [1.29, 1.82) is 0 Å². The van der Waals surface area contributed by atoms with Crippen LogP contribution in [0.2, 0.25) is 0 Å². The molecule has 0 spiro atoms. The van der Waals surface area contributed by atoms with Crippen molar-refractivity contribution in [1.82, 2.24) is 0 Å². The first-order valence-corrected chi connectivity index (χ1v) is 11.7. The van der Waals surface area contributed by atoms with Gasteiger partial charge in [-0.15, -0.1) is 0 Å². The lowest BCUT2D eigenvalue weighted by Crippen LogP contribution is -2.19. The number of methoxy groups -OCH3 is 4. The van der Waals surface area contributed by atoms with Crippen molar-refractivity contribution in [2.45, 2.75) is 26.7 Å². The summed E-state index contributed by atoms with van der Waals surface area (Å²) in [5.74, 6) is 4.46. The van der Waals surface area contributed by atoms with Gasteiger partial charge < -0.3 is 28.4 Å². The third kappa shape index (κ3) is 3.33. The normalized spacial score (nSPS) is 19.1. The van der Waals surface area contributed by atoms with Crippen molar-refractivity contribution in [3.63, 3.8) is 0 Å². The minimum absolute atomic E-state index is 0.152. The Morgan fingerprint density at radius 1 is 0.645 bits per heavy atom. The zero-order valence-corrected chi connectivity index (χ0v) is 21.7. The first kappa shape index (κ1) is 22.4. The molecule has 2 atom stereocenters. The van der Waals surface area contributed by atoms with E-state index in [1.54, 1.807) is 28.4 Å². The van der Waals surface area contributed by atoms with Crippen LogP contribution in [0.15, 0.2) is 8.95 Å². The predicted molar refractivity (Wildman–Crippen MR) is 125 cm³/mol. The lowest BCUT2D eigenvalue weighted by atomic mass is 9.77. The summed E-state index contributed by atoms with van der Waals surface area (Å²) in [5.41, 5.74) is 4.01. The van der Waals surface area contributed by atoms with Crippen LogP contribution in [-0.2, 0) is 12.8 Å². The highest BCUT2D eigenvalue weighted by molar-refractivity contribution is 9.11. The van der Waals surface area contributed by atoms with Crippen molar-refractivity contribution in [3.05, 3.63) is 20.1 Å². The summed E-state index contributed by atoms with van der Waals surface area (Å²) in [4.78, 5) is 0. The van der Waals surface area contributed by atoms with Crippen LogP contribution in [0.5, 0.6) is 34.5 Å². The van der Waals surface area contributed by atoms with Gasteiger partial charge in [0.05, 0.1) is 37.4 Å². The van der Waals surface area contributed by atoms with Crippen LogP contribution >= 0.6 is 31.9 Å².